The van der Waals surface area contributed by atoms with Crippen LogP contribution < -0.4 is 10.6 Å². The van der Waals surface area contributed by atoms with Gasteiger partial charge in [0.05, 0.1) is 13.2 Å². The lowest BCUT2D eigenvalue weighted by molar-refractivity contribution is 0.0702. The molecule has 23 heavy (non-hydrogen) atoms. The lowest BCUT2D eigenvalue weighted by Gasteiger charge is -2.22. The van der Waals surface area contributed by atoms with E-state index in [1.807, 2.05) is 0 Å². The van der Waals surface area contributed by atoms with Gasteiger partial charge in [0.25, 0.3) is 0 Å². The summed E-state index contributed by atoms with van der Waals surface area (Å²) >= 11 is 0. The third-order valence-corrected chi connectivity index (χ3v) is 5.18. The van der Waals surface area contributed by atoms with Crippen LogP contribution in [0, 0.1) is 17.8 Å². The second kappa shape index (κ2) is 10.9. The minimum Gasteiger partial charge on any atom is -0.382 e. The summed E-state index contributed by atoms with van der Waals surface area (Å²) in [5.41, 5.74) is 0. The maximum Gasteiger partial charge on any atom is 0.191 e. The van der Waals surface area contributed by atoms with Crippen LogP contribution >= 0.6 is 0 Å². The average Bonchev–Trinajstić information content (AvgIpc) is 3.17. The van der Waals surface area contributed by atoms with Gasteiger partial charge in [0.2, 0.25) is 0 Å². The SMILES string of the molecule is CCNC(=NCCCOCCOC)NCCC1CC2CCC1C2. The molecule has 0 spiro atoms. The van der Waals surface area contributed by atoms with Crippen LogP contribution in [0.25, 0.3) is 0 Å². The molecule has 0 heterocycles. The molecule has 0 amide bonds. The molecule has 3 unspecified atom stereocenters. The summed E-state index contributed by atoms with van der Waals surface area (Å²) in [6, 6.07) is 0. The van der Waals surface area contributed by atoms with Crippen LogP contribution in [0.2, 0.25) is 0 Å². The minimum atomic E-state index is 0.663. The molecule has 134 valence electrons. The molecule has 0 aromatic carbocycles. The minimum absolute atomic E-state index is 0.663. The van der Waals surface area contributed by atoms with Crippen LogP contribution in [0.3, 0.4) is 0 Å². The summed E-state index contributed by atoms with van der Waals surface area (Å²) in [6.45, 7) is 6.95. The van der Waals surface area contributed by atoms with Crippen molar-refractivity contribution in [3.8, 4) is 0 Å². The van der Waals surface area contributed by atoms with Crippen molar-refractivity contribution in [2.75, 3.05) is 46.6 Å². The lowest BCUT2D eigenvalue weighted by atomic mass is 9.86. The molecule has 0 radical (unpaired) electrons. The number of hydrogen-bond acceptors (Lipinski definition) is 3. The molecule has 2 aliphatic carbocycles. The van der Waals surface area contributed by atoms with E-state index in [-0.39, 0.29) is 0 Å². The van der Waals surface area contributed by atoms with Crippen molar-refractivity contribution in [3.05, 3.63) is 0 Å². The van der Waals surface area contributed by atoms with Crippen LogP contribution in [0.1, 0.15) is 45.4 Å². The highest BCUT2D eigenvalue weighted by atomic mass is 16.5. The Hall–Kier alpha value is -0.810. The largest absolute Gasteiger partial charge is 0.382 e. The first-order chi connectivity index (χ1) is 11.3. The highest BCUT2D eigenvalue weighted by Gasteiger charge is 2.38. The number of aliphatic imine (C=N–C) groups is 1. The first-order valence-electron chi connectivity index (χ1n) is 9.42. The van der Waals surface area contributed by atoms with Crippen molar-refractivity contribution in [1.82, 2.24) is 10.6 Å². The summed E-state index contributed by atoms with van der Waals surface area (Å²) in [5, 5.41) is 6.83. The molecule has 2 rings (SSSR count). The van der Waals surface area contributed by atoms with Crippen LogP contribution in [-0.2, 0) is 9.47 Å². The summed E-state index contributed by atoms with van der Waals surface area (Å²) in [5.74, 6) is 3.97. The molecule has 3 atom stereocenters. The molecule has 2 bridgehead atoms. The van der Waals surface area contributed by atoms with Crippen LogP contribution in [-0.4, -0.2) is 52.5 Å². The maximum absolute atomic E-state index is 5.46. The van der Waals surface area contributed by atoms with E-state index in [2.05, 4.69) is 22.5 Å². The molecule has 5 heteroatoms. The smallest absolute Gasteiger partial charge is 0.191 e. The molecule has 2 fully saturated rings. The zero-order chi connectivity index (χ0) is 16.3. The lowest BCUT2D eigenvalue weighted by Crippen LogP contribution is -2.38. The molecule has 2 N–H and O–H groups in total. The number of nitrogens with zero attached hydrogens (tertiary/aromatic N) is 1. The Bertz CT molecular complexity index is 349. The Morgan fingerprint density at radius 3 is 2.74 bits per heavy atom. The van der Waals surface area contributed by atoms with Gasteiger partial charge in [0.1, 0.15) is 0 Å². The number of methoxy groups -OCH3 is 1. The van der Waals surface area contributed by atoms with Crippen molar-refractivity contribution < 1.29 is 9.47 Å². The number of fused-ring (bicyclic) bond motifs is 2. The van der Waals surface area contributed by atoms with Gasteiger partial charge in [-0.1, -0.05) is 6.42 Å². The van der Waals surface area contributed by atoms with Crippen molar-refractivity contribution in [2.45, 2.75) is 45.4 Å². The number of hydrogen-bond donors (Lipinski definition) is 2. The van der Waals surface area contributed by atoms with Gasteiger partial charge < -0.3 is 20.1 Å². The van der Waals surface area contributed by atoms with Crippen molar-refractivity contribution in [1.29, 1.82) is 0 Å². The second-order valence-corrected chi connectivity index (χ2v) is 6.87. The molecule has 2 saturated carbocycles. The third-order valence-electron chi connectivity index (χ3n) is 5.18. The highest BCUT2D eigenvalue weighted by Crippen LogP contribution is 2.49. The van der Waals surface area contributed by atoms with Crippen LogP contribution in [0.4, 0.5) is 0 Å². The zero-order valence-corrected chi connectivity index (χ0v) is 15.0. The molecule has 2 aliphatic rings. The monoisotopic (exact) mass is 325 g/mol. The molecule has 0 aromatic rings. The van der Waals surface area contributed by atoms with E-state index in [4.69, 9.17) is 9.47 Å². The fourth-order valence-corrected chi connectivity index (χ4v) is 4.05. The fourth-order valence-electron chi connectivity index (χ4n) is 4.05. The van der Waals surface area contributed by atoms with Crippen molar-refractivity contribution >= 4 is 5.96 Å². The van der Waals surface area contributed by atoms with E-state index < -0.39 is 0 Å². The normalized spacial score (nSPS) is 26.7. The topological polar surface area (TPSA) is 54.9 Å². The summed E-state index contributed by atoms with van der Waals surface area (Å²) in [4.78, 5) is 4.63. The Kier molecular flexibility index (Phi) is 8.76. The van der Waals surface area contributed by atoms with Gasteiger partial charge in [0.15, 0.2) is 5.96 Å². The molecule has 0 aliphatic heterocycles. The molecule has 5 nitrogen and oxygen atoms in total. The number of rotatable bonds is 11. The van der Waals surface area contributed by atoms with E-state index >= 15 is 0 Å². The standard InChI is InChI=1S/C18H35N3O2/c1-3-19-18(20-8-4-10-23-12-11-22-2)21-9-7-17-14-15-5-6-16(17)13-15/h15-17H,3-14H2,1-2H3,(H2,19,20,21). The van der Waals surface area contributed by atoms with Crippen molar-refractivity contribution in [3.63, 3.8) is 0 Å². The molecular formula is C18H35N3O2. The third kappa shape index (κ3) is 6.68. The highest BCUT2D eigenvalue weighted by molar-refractivity contribution is 5.79. The molecule has 0 aromatic heterocycles. The van der Waals surface area contributed by atoms with E-state index in [9.17, 15) is 0 Å². The van der Waals surface area contributed by atoms with Gasteiger partial charge in [-0.2, -0.15) is 0 Å². The van der Waals surface area contributed by atoms with Crippen LogP contribution in [0.15, 0.2) is 4.99 Å². The molecule has 0 saturated heterocycles. The van der Waals surface area contributed by atoms with E-state index in [0.717, 1.165) is 56.4 Å². The van der Waals surface area contributed by atoms with Gasteiger partial charge in [-0.15, -0.1) is 0 Å². The number of nitrogens with one attached hydrogen (secondary N) is 2. The van der Waals surface area contributed by atoms with Crippen molar-refractivity contribution in [2.24, 2.45) is 22.7 Å². The van der Waals surface area contributed by atoms with Gasteiger partial charge in [0, 0.05) is 33.4 Å². The maximum atomic E-state index is 5.46. The number of ether oxygens (including phenoxy) is 2. The second-order valence-electron chi connectivity index (χ2n) is 6.87. The van der Waals surface area contributed by atoms with E-state index in [1.165, 1.54) is 32.1 Å². The number of guanidine groups is 1. The van der Waals surface area contributed by atoms with Gasteiger partial charge in [-0.25, -0.2) is 0 Å². The van der Waals surface area contributed by atoms with Gasteiger partial charge >= 0.3 is 0 Å². The zero-order valence-electron chi connectivity index (χ0n) is 15.0. The first kappa shape index (κ1) is 18.5. The Morgan fingerprint density at radius 1 is 1.13 bits per heavy atom. The summed E-state index contributed by atoms with van der Waals surface area (Å²) in [7, 11) is 1.69. The van der Waals surface area contributed by atoms with Crippen LogP contribution in [0.5, 0.6) is 0 Å². The molecular weight excluding hydrogens is 290 g/mol. The Morgan fingerprint density at radius 2 is 2.04 bits per heavy atom. The summed E-state index contributed by atoms with van der Waals surface area (Å²) < 4.78 is 10.4. The Labute approximate surface area is 141 Å². The quantitative estimate of drug-likeness (QED) is 0.348. The predicted octanol–water partition coefficient (Wildman–Crippen LogP) is 2.42. The average molecular weight is 325 g/mol. The van der Waals surface area contributed by atoms with Gasteiger partial charge in [-0.3, -0.25) is 4.99 Å². The predicted molar refractivity (Wildman–Crippen MR) is 94.8 cm³/mol. The summed E-state index contributed by atoms with van der Waals surface area (Å²) in [6.07, 6.45) is 8.19. The van der Waals surface area contributed by atoms with Gasteiger partial charge in [-0.05, 0) is 56.8 Å². The fraction of sp³-hybridized carbons (Fsp3) is 0.944. The van der Waals surface area contributed by atoms with E-state index in [1.54, 1.807) is 7.11 Å². The first-order valence-corrected chi connectivity index (χ1v) is 9.42. The Balaban J connectivity index is 1.56. The van der Waals surface area contributed by atoms with E-state index in [0.29, 0.717) is 13.2 Å².